The number of hydrogen-bond donors (Lipinski definition) is 2. The lowest BCUT2D eigenvalue weighted by atomic mass is 9.87. The summed E-state index contributed by atoms with van der Waals surface area (Å²) in [5.74, 6) is -0.449. The Bertz CT molecular complexity index is 1190. The zero-order chi connectivity index (χ0) is 23.7. The van der Waals surface area contributed by atoms with E-state index in [0.717, 1.165) is 41.5 Å². The molecule has 0 bridgehead atoms. The van der Waals surface area contributed by atoms with Crippen LogP contribution >= 0.6 is 11.3 Å². The fourth-order valence-electron chi connectivity index (χ4n) is 4.80. The molecule has 5 rings (SSSR count). The number of fused-ring (bicyclic) bond motifs is 1. The van der Waals surface area contributed by atoms with Crippen molar-refractivity contribution in [3.05, 3.63) is 65.2 Å². The van der Waals surface area contributed by atoms with E-state index in [2.05, 4.69) is 21.7 Å². The Morgan fingerprint density at radius 1 is 1.12 bits per heavy atom. The molecular weight excluding hydrogens is 450 g/mol. The first kappa shape index (κ1) is 22.5. The molecule has 34 heavy (non-hydrogen) atoms. The number of benzene rings is 2. The van der Waals surface area contributed by atoms with Crippen LogP contribution in [0.1, 0.15) is 42.7 Å². The number of carbonyl (C=O) groups excluding carboxylic acids is 3. The quantitative estimate of drug-likeness (QED) is 0.531. The van der Waals surface area contributed by atoms with Gasteiger partial charge in [-0.3, -0.25) is 19.9 Å². The first-order valence-electron chi connectivity index (χ1n) is 11.6. The normalized spacial score (nSPS) is 21.7. The SMILES string of the molecule is CC[C@@]1(c2ccccc2)NC(=O)N(NC(=O)CN2CCC(c3nc4ccccc4s3)CC2)C1=O. The van der Waals surface area contributed by atoms with Gasteiger partial charge in [-0.25, -0.2) is 9.78 Å². The average molecular weight is 478 g/mol. The van der Waals surface area contributed by atoms with E-state index in [1.807, 2.05) is 55.5 Å². The summed E-state index contributed by atoms with van der Waals surface area (Å²) in [7, 11) is 0. The highest BCUT2D eigenvalue weighted by molar-refractivity contribution is 7.18. The summed E-state index contributed by atoms with van der Waals surface area (Å²) < 4.78 is 1.20. The zero-order valence-corrected chi connectivity index (χ0v) is 19.8. The van der Waals surface area contributed by atoms with E-state index in [-0.39, 0.29) is 12.5 Å². The number of likely N-dealkylation sites (tertiary alicyclic amines) is 1. The van der Waals surface area contributed by atoms with E-state index in [1.54, 1.807) is 11.3 Å². The highest BCUT2D eigenvalue weighted by atomic mass is 32.1. The second kappa shape index (κ2) is 9.15. The first-order valence-corrected chi connectivity index (χ1v) is 12.4. The van der Waals surface area contributed by atoms with Gasteiger partial charge in [0.15, 0.2) is 0 Å². The van der Waals surface area contributed by atoms with Crippen molar-refractivity contribution in [1.29, 1.82) is 0 Å². The summed E-state index contributed by atoms with van der Waals surface area (Å²) >= 11 is 1.74. The Balaban J connectivity index is 1.18. The Labute approximate surface area is 201 Å². The van der Waals surface area contributed by atoms with Crippen LogP contribution in [0.2, 0.25) is 0 Å². The van der Waals surface area contributed by atoms with Gasteiger partial charge in [-0.2, -0.15) is 5.01 Å². The third-order valence-electron chi connectivity index (χ3n) is 6.74. The van der Waals surface area contributed by atoms with E-state index < -0.39 is 17.5 Å². The number of carbonyl (C=O) groups is 3. The molecule has 2 aliphatic rings. The smallest absolute Gasteiger partial charge is 0.318 e. The number of urea groups is 1. The fourth-order valence-corrected chi connectivity index (χ4v) is 5.94. The van der Waals surface area contributed by atoms with Gasteiger partial charge in [-0.05, 0) is 50.0 Å². The molecule has 2 N–H and O–H groups in total. The largest absolute Gasteiger partial charge is 0.344 e. The van der Waals surface area contributed by atoms with Crippen LogP contribution in [-0.4, -0.2) is 52.4 Å². The lowest BCUT2D eigenvalue weighted by Gasteiger charge is -2.31. The highest BCUT2D eigenvalue weighted by Gasteiger charge is 2.52. The van der Waals surface area contributed by atoms with Crippen molar-refractivity contribution >= 4 is 39.4 Å². The van der Waals surface area contributed by atoms with Gasteiger partial charge in [0.25, 0.3) is 11.8 Å². The Morgan fingerprint density at radius 3 is 2.53 bits per heavy atom. The van der Waals surface area contributed by atoms with E-state index in [1.165, 1.54) is 4.70 Å². The molecule has 0 spiro atoms. The van der Waals surface area contributed by atoms with Crippen molar-refractivity contribution in [2.24, 2.45) is 0 Å². The maximum atomic E-state index is 13.2. The number of para-hydroxylation sites is 1. The van der Waals surface area contributed by atoms with Crippen molar-refractivity contribution < 1.29 is 14.4 Å². The summed E-state index contributed by atoms with van der Waals surface area (Å²) in [6.45, 7) is 3.49. The molecule has 2 saturated heterocycles. The van der Waals surface area contributed by atoms with Gasteiger partial charge in [0.1, 0.15) is 5.54 Å². The second-order valence-electron chi connectivity index (χ2n) is 8.80. The third-order valence-corrected chi connectivity index (χ3v) is 7.94. The number of piperidine rings is 1. The van der Waals surface area contributed by atoms with Crippen LogP contribution in [0.4, 0.5) is 4.79 Å². The molecule has 4 amide bonds. The summed E-state index contributed by atoms with van der Waals surface area (Å²) in [5.41, 5.74) is 3.10. The Hall–Kier alpha value is -3.30. The van der Waals surface area contributed by atoms with E-state index in [4.69, 9.17) is 4.98 Å². The number of hydrogen-bond acceptors (Lipinski definition) is 6. The molecule has 1 atom stereocenters. The van der Waals surface area contributed by atoms with Crippen LogP contribution < -0.4 is 10.7 Å². The summed E-state index contributed by atoms with van der Waals surface area (Å²) in [6, 6.07) is 16.7. The van der Waals surface area contributed by atoms with Gasteiger partial charge < -0.3 is 5.32 Å². The number of amides is 4. The molecule has 0 aliphatic carbocycles. The number of imide groups is 1. The number of nitrogens with zero attached hydrogens (tertiary/aromatic N) is 3. The minimum absolute atomic E-state index is 0.133. The number of hydrazine groups is 1. The van der Waals surface area contributed by atoms with Crippen LogP contribution in [0.25, 0.3) is 10.2 Å². The maximum Gasteiger partial charge on any atom is 0.344 e. The molecule has 2 aliphatic heterocycles. The van der Waals surface area contributed by atoms with Crippen molar-refractivity contribution in [2.75, 3.05) is 19.6 Å². The van der Waals surface area contributed by atoms with Gasteiger partial charge in [0.2, 0.25) is 0 Å². The number of aromatic nitrogens is 1. The predicted molar refractivity (Wildman–Crippen MR) is 130 cm³/mol. The van der Waals surface area contributed by atoms with Gasteiger partial charge in [0.05, 0.1) is 21.8 Å². The molecule has 9 heteroatoms. The number of rotatable bonds is 6. The van der Waals surface area contributed by atoms with Crippen LogP contribution in [0.3, 0.4) is 0 Å². The van der Waals surface area contributed by atoms with Gasteiger partial charge in [0, 0.05) is 5.92 Å². The molecule has 2 aromatic carbocycles. The van der Waals surface area contributed by atoms with Crippen molar-refractivity contribution in [2.45, 2.75) is 37.6 Å². The van der Waals surface area contributed by atoms with Gasteiger partial charge in [-0.1, -0.05) is 49.4 Å². The van der Waals surface area contributed by atoms with Crippen LogP contribution in [-0.2, 0) is 15.1 Å². The second-order valence-corrected chi connectivity index (χ2v) is 9.86. The van der Waals surface area contributed by atoms with Gasteiger partial charge in [-0.15, -0.1) is 11.3 Å². The fraction of sp³-hybridized carbons (Fsp3) is 0.360. The van der Waals surface area contributed by atoms with E-state index >= 15 is 0 Å². The molecule has 8 nitrogen and oxygen atoms in total. The molecule has 0 radical (unpaired) electrons. The highest BCUT2D eigenvalue weighted by Crippen LogP contribution is 2.34. The van der Waals surface area contributed by atoms with E-state index in [9.17, 15) is 14.4 Å². The van der Waals surface area contributed by atoms with Crippen LogP contribution in [0.15, 0.2) is 54.6 Å². The summed E-state index contributed by atoms with van der Waals surface area (Å²) in [5, 5.41) is 4.76. The van der Waals surface area contributed by atoms with Crippen LogP contribution in [0.5, 0.6) is 0 Å². The lowest BCUT2D eigenvalue weighted by molar-refractivity contribution is -0.140. The number of nitrogens with one attached hydrogen (secondary N) is 2. The maximum absolute atomic E-state index is 13.2. The van der Waals surface area contributed by atoms with Crippen molar-refractivity contribution in [1.82, 2.24) is 25.6 Å². The topological polar surface area (TPSA) is 94.6 Å². The van der Waals surface area contributed by atoms with Crippen LogP contribution in [0, 0.1) is 0 Å². The van der Waals surface area contributed by atoms with Crippen molar-refractivity contribution in [3.8, 4) is 0 Å². The molecule has 176 valence electrons. The molecule has 3 heterocycles. The van der Waals surface area contributed by atoms with Crippen molar-refractivity contribution in [3.63, 3.8) is 0 Å². The molecule has 2 fully saturated rings. The summed E-state index contributed by atoms with van der Waals surface area (Å²) in [4.78, 5) is 45.3. The third kappa shape index (κ3) is 4.05. The zero-order valence-electron chi connectivity index (χ0n) is 19.0. The number of thiazole rings is 1. The lowest BCUT2D eigenvalue weighted by Crippen LogP contribution is -2.51. The molecule has 0 saturated carbocycles. The standard InChI is InChI=1S/C25H27N5O3S/c1-2-25(18-8-4-3-5-9-18)23(32)30(24(33)27-25)28-21(31)16-29-14-12-17(13-15-29)22-26-19-10-6-7-11-20(19)34-22/h3-11,17H,2,12-16H2,1H3,(H,27,33)(H,28,31)/t25-/m0/s1. The summed E-state index contributed by atoms with van der Waals surface area (Å²) in [6.07, 6.45) is 2.22. The predicted octanol–water partition coefficient (Wildman–Crippen LogP) is 3.36. The Morgan fingerprint density at radius 2 is 1.82 bits per heavy atom. The molecular formula is C25H27N5O3S. The molecule has 0 unspecified atom stereocenters. The first-order chi connectivity index (χ1) is 16.5. The molecule has 1 aromatic heterocycles. The van der Waals surface area contributed by atoms with Gasteiger partial charge >= 0.3 is 6.03 Å². The Kier molecular flexibility index (Phi) is 6.05. The monoisotopic (exact) mass is 477 g/mol. The minimum Gasteiger partial charge on any atom is -0.318 e. The molecule has 3 aromatic rings. The average Bonchev–Trinajstić information content (AvgIpc) is 3.40. The minimum atomic E-state index is -1.17. The van der Waals surface area contributed by atoms with E-state index in [0.29, 0.717) is 17.9 Å².